The molecule has 0 aliphatic rings. The summed E-state index contributed by atoms with van der Waals surface area (Å²) in [4.78, 5) is 0. The molecule has 0 radical (unpaired) electrons. The van der Waals surface area contributed by atoms with Gasteiger partial charge in [-0.05, 0) is 52.4 Å². The molecule has 0 unspecified atom stereocenters. The van der Waals surface area contributed by atoms with E-state index in [0.29, 0.717) is 16.6 Å². The third-order valence-corrected chi connectivity index (χ3v) is 3.55. The summed E-state index contributed by atoms with van der Waals surface area (Å²) in [5.74, 6) is 0. The maximum atomic E-state index is 6.15. The first-order chi connectivity index (χ1) is 10.2. The normalized spacial score (nSPS) is 10.6. The third kappa shape index (κ3) is 3.32. The van der Waals surface area contributed by atoms with Crippen LogP contribution in [0.25, 0.3) is 5.69 Å². The van der Waals surface area contributed by atoms with Crippen molar-refractivity contribution in [2.75, 3.05) is 5.32 Å². The minimum absolute atomic E-state index is 0.582. The molecule has 0 atom stereocenters. The van der Waals surface area contributed by atoms with E-state index in [1.165, 1.54) is 0 Å². The second-order valence-corrected chi connectivity index (χ2v) is 5.24. The molecule has 0 fully saturated rings. The van der Waals surface area contributed by atoms with Gasteiger partial charge in [-0.1, -0.05) is 29.3 Å². The van der Waals surface area contributed by atoms with E-state index in [0.717, 1.165) is 16.9 Å². The smallest absolute Gasteiger partial charge is 0.143 e. The number of nitrogens with zero attached hydrogens (tertiary/aromatic N) is 4. The van der Waals surface area contributed by atoms with Gasteiger partial charge in [-0.2, -0.15) is 0 Å². The summed E-state index contributed by atoms with van der Waals surface area (Å²) in [5.41, 5.74) is 2.76. The molecule has 1 N–H and O–H groups in total. The van der Waals surface area contributed by atoms with E-state index in [9.17, 15) is 0 Å². The molecule has 2 aromatic carbocycles. The van der Waals surface area contributed by atoms with Crippen LogP contribution in [0.5, 0.6) is 0 Å². The quantitative estimate of drug-likeness (QED) is 0.798. The van der Waals surface area contributed by atoms with Crippen molar-refractivity contribution in [3.63, 3.8) is 0 Å². The molecule has 0 bridgehead atoms. The standard InChI is InChI=1S/C14H11Cl2N5/c15-11-4-5-14(16)10(6-11)8-17-12-2-1-3-13(7-12)21-9-18-19-20-21/h1-7,9,17H,8H2. The van der Waals surface area contributed by atoms with Gasteiger partial charge in [0.2, 0.25) is 0 Å². The number of hydrogen-bond acceptors (Lipinski definition) is 4. The highest BCUT2D eigenvalue weighted by atomic mass is 35.5. The van der Waals surface area contributed by atoms with Gasteiger partial charge < -0.3 is 5.32 Å². The predicted molar refractivity (Wildman–Crippen MR) is 82.9 cm³/mol. The van der Waals surface area contributed by atoms with Crippen LogP contribution in [-0.2, 0) is 6.54 Å². The molecule has 1 heterocycles. The first-order valence-electron chi connectivity index (χ1n) is 6.23. The van der Waals surface area contributed by atoms with Gasteiger partial charge in [-0.15, -0.1) is 5.10 Å². The van der Waals surface area contributed by atoms with Crippen molar-refractivity contribution < 1.29 is 0 Å². The van der Waals surface area contributed by atoms with E-state index in [-0.39, 0.29) is 0 Å². The Morgan fingerprint density at radius 3 is 2.81 bits per heavy atom. The van der Waals surface area contributed by atoms with Gasteiger partial charge in [-0.25, -0.2) is 4.68 Å². The van der Waals surface area contributed by atoms with Crippen LogP contribution in [0, 0.1) is 0 Å². The maximum Gasteiger partial charge on any atom is 0.143 e. The highest BCUT2D eigenvalue weighted by molar-refractivity contribution is 6.33. The molecule has 5 nitrogen and oxygen atoms in total. The molecule has 3 aromatic rings. The Bertz CT molecular complexity index is 743. The molecule has 0 aliphatic heterocycles. The molecule has 0 saturated carbocycles. The topological polar surface area (TPSA) is 55.6 Å². The summed E-state index contributed by atoms with van der Waals surface area (Å²) >= 11 is 12.1. The number of benzene rings is 2. The van der Waals surface area contributed by atoms with E-state index in [4.69, 9.17) is 23.2 Å². The van der Waals surface area contributed by atoms with Crippen LogP contribution in [-0.4, -0.2) is 20.2 Å². The largest absolute Gasteiger partial charge is 0.381 e. The third-order valence-electron chi connectivity index (χ3n) is 2.95. The fraction of sp³-hybridized carbons (Fsp3) is 0.0714. The molecule has 1 aromatic heterocycles. The summed E-state index contributed by atoms with van der Waals surface area (Å²) < 4.78 is 1.59. The Labute approximate surface area is 131 Å². The molecular weight excluding hydrogens is 309 g/mol. The zero-order chi connectivity index (χ0) is 14.7. The number of hydrogen-bond donors (Lipinski definition) is 1. The lowest BCUT2D eigenvalue weighted by Crippen LogP contribution is -2.02. The Hall–Kier alpha value is -2.11. The van der Waals surface area contributed by atoms with Gasteiger partial charge in [0, 0.05) is 22.3 Å². The van der Waals surface area contributed by atoms with Gasteiger partial charge in [-0.3, -0.25) is 0 Å². The zero-order valence-corrected chi connectivity index (χ0v) is 12.4. The molecule has 21 heavy (non-hydrogen) atoms. The molecular formula is C14H11Cl2N5. The Balaban J connectivity index is 1.76. The maximum absolute atomic E-state index is 6.15. The number of rotatable bonds is 4. The fourth-order valence-electron chi connectivity index (χ4n) is 1.91. The van der Waals surface area contributed by atoms with Crippen LogP contribution in [0.1, 0.15) is 5.56 Å². The highest BCUT2D eigenvalue weighted by Gasteiger charge is 2.03. The molecule has 7 heteroatoms. The Kier molecular flexibility index (Phi) is 4.03. The molecule has 0 saturated heterocycles. The van der Waals surface area contributed by atoms with Gasteiger partial charge in [0.05, 0.1) is 5.69 Å². The van der Waals surface area contributed by atoms with Crippen LogP contribution in [0.15, 0.2) is 48.8 Å². The van der Waals surface area contributed by atoms with E-state index in [1.54, 1.807) is 23.1 Å². The highest BCUT2D eigenvalue weighted by Crippen LogP contribution is 2.22. The van der Waals surface area contributed by atoms with Gasteiger partial charge in [0.15, 0.2) is 0 Å². The van der Waals surface area contributed by atoms with E-state index < -0.39 is 0 Å². The fourth-order valence-corrected chi connectivity index (χ4v) is 2.29. The summed E-state index contributed by atoms with van der Waals surface area (Å²) in [7, 11) is 0. The van der Waals surface area contributed by atoms with Gasteiger partial charge in [0.1, 0.15) is 6.33 Å². The van der Waals surface area contributed by atoms with Gasteiger partial charge in [0.25, 0.3) is 0 Å². The van der Waals surface area contributed by atoms with Crippen molar-refractivity contribution in [2.45, 2.75) is 6.54 Å². The summed E-state index contributed by atoms with van der Waals surface area (Å²) in [6.07, 6.45) is 1.55. The number of anilines is 1. The monoisotopic (exact) mass is 319 g/mol. The average molecular weight is 320 g/mol. The lowest BCUT2D eigenvalue weighted by atomic mass is 10.2. The van der Waals surface area contributed by atoms with Crippen molar-refractivity contribution >= 4 is 28.9 Å². The summed E-state index contributed by atoms with van der Waals surface area (Å²) in [6.45, 7) is 0.582. The lowest BCUT2D eigenvalue weighted by molar-refractivity contribution is 0.789. The summed E-state index contributed by atoms with van der Waals surface area (Å²) in [6, 6.07) is 13.2. The minimum atomic E-state index is 0.582. The Morgan fingerprint density at radius 1 is 1.10 bits per heavy atom. The average Bonchev–Trinajstić information content (AvgIpc) is 3.03. The van der Waals surface area contributed by atoms with Crippen molar-refractivity contribution in [3.8, 4) is 5.69 Å². The number of aromatic nitrogens is 4. The molecule has 106 valence electrons. The van der Waals surface area contributed by atoms with Crippen LogP contribution in [0.4, 0.5) is 5.69 Å². The zero-order valence-electron chi connectivity index (χ0n) is 10.9. The molecule has 0 amide bonds. The minimum Gasteiger partial charge on any atom is -0.381 e. The van der Waals surface area contributed by atoms with Crippen LogP contribution in [0.3, 0.4) is 0 Å². The predicted octanol–water partition coefficient (Wildman–Crippen LogP) is 3.58. The van der Waals surface area contributed by atoms with E-state index in [1.807, 2.05) is 30.3 Å². The molecule has 3 rings (SSSR count). The SMILES string of the molecule is Clc1ccc(Cl)c(CNc2cccc(-n3cnnn3)c2)c1. The Morgan fingerprint density at radius 2 is 2.00 bits per heavy atom. The molecule has 0 spiro atoms. The van der Waals surface area contributed by atoms with E-state index in [2.05, 4.69) is 20.8 Å². The second-order valence-electron chi connectivity index (χ2n) is 4.39. The van der Waals surface area contributed by atoms with Crippen molar-refractivity contribution in [1.82, 2.24) is 20.2 Å². The van der Waals surface area contributed by atoms with Crippen LogP contribution in [0.2, 0.25) is 10.0 Å². The first kappa shape index (κ1) is 13.9. The second kappa shape index (κ2) is 6.11. The van der Waals surface area contributed by atoms with Crippen molar-refractivity contribution in [1.29, 1.82) is 0 Å². The summed E-state index contributed by atoms with van der Waals surface area (Å²) in [5, 5.41) is 15.8. The van der Waals surface area contributed by atoms with Crippen molar-refractivity contribution in [3.05, 3.63) is 64.4 Å². The number of nitrogens with one attached hydrogen (secondary N) is 1. The lowest BCUT2D eigenvalue weighted by Gasteiger charge is -2.09. The van der Waals surface area contributed by atoms with Crippen LogP contribution >= 0.6 is 23.2 Å². The van der Waals surface area contributed by atoms with E-state index >= 15 is 0 Å². The number of halogens is 2. The van der Waals surface area contributed by atoms with Crippen molar-refractivity contribution in [2.24, 2.45) is 0 Å². The molecule has 0 aliphatic carbocycles. The van der Waals surface area contributed by atoms with Crippen LogP contribution < -0.4 is 5.32 Å². The van der Waals surface area contributed by atoms with Gasteiger partial charge >= 0.3 is 0 Å². The number of tetrazole rings is 1. The first-order valence-corrected chi connectivity index (χ1v) is 6.99.